The monoisotopic (exact) mass is 418 g/mol. The highest BCUT2D eigenvalue weighted by atomic mass is 16.2. The Bertz CT molecular complexity index is 912. The summed E-state index contributed by atoms with van der Waals surface area (Å²) in [6.07, 6.45) is 6.45. The summed E-state index contributed by atoms with van der Waals surface area (Å²) in [4.78, 5) is 20.0. The zero-order valence-corrected chi connectivity index (χ0v) is 18.4. The Morgan fingerprint density at radius 2 is 1.58 bits per heavy atom. The van der Waals surface area contributed by atoms with Gasteiger partial charge in [-0.25, -0.2) is 0 Å². The minimum Gasteiger partial charge on any atom is -0.399 e. The molecule has 2 heterocycles. The highest BCUT2D eigenvalue weighted by molar-refractivity contribution is 5.78. The molecule has 3 aliphatic rings. The molecule has 0 unspecified atom stereocenters. The van der Waals surface area contributed by atoms with Crippen LogP contribution in [-0.2, 0) is 17.8 Å². The highest BCUT2D eigenvalue weighted by Gasteiger charge is 2.29. The maximum atomic E-state index is 12.9. The van der Waals surface area contributed by atoms with Crippen LogP contribution in [0, 0.1) is 0 Å². The Kier molecular flexibility index (Phi) is 5.97. The number of rotatable bonds is 4. The van der Waals surface area contributed by atoms with E-state index in [0.29, 0.717) is 12.5 Å². The Labute approximate surface area is 185 Å². The molecule has 2 aromatic carbocycles. The van der Waals surface area contributed by atoms with E-state index in [1.165, 1.54) is 47.9 Å². The first-order valence-corrected chi connectivity index (χ1v) is 11.9. The van der Waals surface area contributed by atoms with Gasteiger partial charge < -0.3 is 10.6 Å². The summed E-state index contributed by atoms with van der Waals surface area (Å²) in [6, 6.07) is 15.6. The zero-order valence-electron chi connectivity index (χ0n) is 18.4. The summed E-state index contributed by atoms with van der Waals surface area (Å²) in [5.41, 5.74) is 11.8. The smallest absolute Gasteiger partial charge is 0.236 e. The van der Waals surface area contributed by atoms with Gasteiger partial charge in [0.2, 0.25) is 5.91 Å². The van der Waals surface area contributed by atoms with Gasteiger partial charge in [-0.05, 0) is 53.6 Å². The van der Waals surface area contributed by atoms with Crippen molar-refractivity contribution in [2.24, 2.45) is 0 Å². The minimum atomic E-state index is 0.299. The third-order valence-electron chi connectivity index (χ3n) is 7.41. The van der Waals surface area contributed by atoms with Crippen LogP contribution in [-0.4, -0.2) is 65.9 Å². The van der Waals surface area contributed by atoms with E-state index in [9.17, 15) is 4.79 Å². The standard InChI is InChI=1S/C26H34N4O/c27-24-9-7-20(8-10-24)21-5-6-23-18-28(12-11-22(23)17-21)19-26(31)30-15-13-29(14-16-30)25-3-1-2-4-25/h5-10,17,25H,1-4,11-16,18-19,27H2. The third-order valence-corrected chi connectivity index (χ3v) is 7.41. The quantitative estimate of drug-likeness (QED) is 0.774. The fraction of sp³-hybridized carbons (Fsp3) is 0.500. The van der Waals surface area contributed by atoms with E-state index in [1.807, 2.05) is 12.1 Å². The van der Waals surface area contributed by atoms with Crippen molar-refractivity contribution in [1.82, 2.24) is 14.7 Å². The summed E-state index contributed by atoms with van der Waals surface area (Å²) >= 11 is 0. The predicted molar refractivity (Wildman–Crippen MR) is 126 cm³/mol. The van der Waals surface area contributed by atoms with Crippen molar-refractivity contribution < 1.29 is 4.79 Å². The fourth-order valence-corrected chi connectivity index (χ4v) is 5.50. The zero-order chi connectivity index (χ0) is 21.2. The summed E-state index contributed by atoms with van der Waals surface area (Å²) in [7, 11) is 0. The van der Waals surface area contributed by atoms with Gasteiger partial charge in [-0.3, -0.25) is 14.6 Å². The molecule has 0 bridgehead atoms. The molecule has 0 atom stereocenters. The van der Waals surface area contributed by atoms with Crippen molar-refractivity contribution in [2.45, 2.75) is 44.7 Å². The number of nitrogens with zero attached hydrogens (tertiary/aromatic N) is 3. The van der Waals surface area contributed by atoms with Crippen molar-refractivity contribution in [3.63, 3.8) is 0 Å². The Morgan fingerprint density at radius 1 is 0.871 bits per heavy atom. The van der Waals surface area contributed by atoms with Crippen LogP contribution in [0.4, 0.5) is 5.69 Å². The van der Waals surface area contributed by atoms with E-state index in [1.54, 1.807) is 0 Å². The first kappa shape index (κ1) is 20.5. The number of amides is 1. The number of piperazine rings is 1. The fourth-order valence-electron chi connectivity index (χ4n) is 5.50. The maximum Gasteiger partial charge on any atom is 0.236 e. The largest absolute Gasteiger partial charge is 0.399 e. The number of anilines is 1. The number of carbonyl (C=O) groups excluding carboxylic acids is 1. The number of nitrogen functional groups attached to an aromatic ring is 1. The van der Waals surface area contributed by atoms with Crippen molar-refractivity contribution in [3.05, 3.63) is 53.6 Å². The van der Waals surface area contributed by atoms with E-state index in [0.717, 1.165) is 57.4 Å². The lowest BCUT2D eigenvalue weighted by Gasteiger charge is -2.39. The summed E-state index contributed by atoms with van der Waals surface area (Å²) < 4.78 is 0. The molecule has 1 saturated carbocycles. The van der Waals surface area contributed by atoms with Gasteiger partial charge >= 0.3 is 0 Å². The molecule has 2 N–H and O–H groups in total. The summed E-state index contributed by atoms with van der Waals surface area (Å²) in [6.45, 7) is 6.25. The Morgan fingerprint density at radius 3 is 2.32 bits per heavy atom. The van der Waals surface area contributed by atoms with E-state index in [2.05, 4.69) is 45.0 Å². The highest BCUT2D eigenvalue weighted by Crippen LogP contribution is 2.27. The average molecular weight is 419 g/mol. The van der Waals surface area contributed by atoms with E-state index in [4.69, 9.17) is 5.73 Å². The van der Waals surface area contributed by atoms with Gasteiger partial charge in [-0.1, -0.05) is 43.2 Å². The first-order valence-electron chi connectivity index (χ1n) is 11.9. The van der Waals surface area contributed by atoms with Crippen LogP contribution in [0.15, 0.2) is 42.5 Å². The van der Waals surface area contributed by atoms with E-state index < -0.39 is 0 Å². The van der Waals surface area contributed by atoms with Gasteiger partial charge in [0, 0.05) is 51.0 Å². The van der Waals surface area contributed by atoms with Crippen LogP contribution in [0.2, 0.25) is 0 Å². The second-order valence-electron chi connectivity index (χ2n) is 9.42. The van der Waals surface area contributed by atoms with E-state index >= 15 is 0 Å². The van der Waals surface area contributed by atoms with Crippen molar-refractivity contribution >= 4 is 11.6 Å². The number of carbonyl (C=O) groups is 1. The van der Waals surface area contributed by atoms with Crippen molar-refractivity contribution in [1.29, 1.82) is 0 Å². The van der Waals surface area contributed by atoms with Crippen LogP contribution < -0.4 is 5.73 Å². The van der Waals surface area contributed by atoms with E-state index in [-0.39, 0.29) is 0 Å². The number of nitrogens with two attached hydrogens (primary N) is 1. The molecule has 31 heavy (non-hydrogen) atoms. The molecule has 0 radical (unpaired) electrons. The normalized spacial score (nSPS) is 20.7. The van der Waals surface area contributed by atoms with Crippen LogP contribution in [0.1, 0.15) is 36.8 Å². The lowest BCUT2D eigenvalue weighted by Crippen LogP contribution is -2.53. The number of hydrogen-bond donors (Lipinski definition) is 1. The third kappa shape index (κ3) is 4.63. The molecule has 2 aliphatic heterocycles. The van der Waals surface area contributed by atoms with Gasteiger partial charge in [0.05, 0.1) is 6.54 Å². The average Bonchev–Trinajstić information content (AvgIpc) is 3.34. The number of benzene rings is 2. The second kappa shape index (κ2) is 9.01. The molecule has 0 spiro atoms. The Hall–Kier alpha value is -2.37. The predicted octanol–water partition coefficient (Wildman–Crippen LogP) is 3.38. The topological polar surface area (TPSA) is 52.8 Å². The molecule has 2 fully saturated rings. The second-order valence-corrected chi connectivity index (χ2v) is 9.42. The molecule has 1 amide bonds. The molecule has 164 valence electrons. The van der Waals surface area contributed by atoms with Gasteiger partial charge in [-0.2, -0.15) is 0 Å². The molecular weight excluding hydrogens is 384 g/mol. The van der Waals surface area contributed by atoms with Crippen LogP contribution in [0.25, 0.3) is 11.1 Å². The molecule has 0 aromatic heterocycles. The lowest BCUT2D eigenvalue weighted by atomic mass is 9.94. The molecule has 1 aliphatic carbocycles. The molecule has 5 rings (SSSR count). The lowest BCUT2D eigenvalue weighted by molar-refractivity contribution is -0.134. The maximum absolute atomic E-state index is 12.9. The molecule has 1 saturated heterocycles. The van der Waals surface area contributed by atoms with Crippen molar-refractivity contribution in [2.75, 3.05) is 45.0 Å². The molecular formula is C26H34N4O. The molecule has 5 nitrogen and oxygen atoms in total. The van der Waals surface area contributed by atoms with Gasteiger partial charge in [0.15, 0.2) is 0 Å². The first-order chi connectivity index (χ1) is 15.2. The summed E-state index contributed by atoms with van der Waals surface area (Å²) in [5.74, 6) is 0.299. The van der Waals surface area contributed by atoms with Gasteiger partial charge in [0.25, 0.3) is 0 Å². The Balaban J connectivity index is 1.15. The van der Waals surface area contributed by atoms with Crippen LogP contribution >= 0.6 is 0 Å². The van der Waals surface area contributed by atoms with Gasteiger partial charge in [0.1, 0.15) is 0 Å². The number of fused-ring (bicyclic) bond motifs is 1. The van der Waals surface area contributed by atoms with Crippen molar-refractivity contribution in [3.8, 4) is 11.1 Å². The molecule has 5 heteroatoms. The summed E-state index contributed by atoms with van der Waals surface area (Å²) in [5, 5.41) is 0. The SMILES string of the molecule is Nc1ccc(-c2ccc3c(c2)CCN(CC(=O)N2CCN(C4CCCC4)CC2)C3)cc1. The minimum absolute atomic E-state index is 0.299. The van der Waals surface area contributed by atoms with Crippen LogP contribution in [0.5, 0.6) is 0 Å². The number of hydrogen-bond acceptors (Lipinski definition) is 4. The van der Waals surface area contributed by atoms with Crippen LogP contribution in [0.3, 0.4) is 0 Å². The molecule has 2 aromatic rings. The van der Waals surface area contributed by atoms with Gasteiger partial charge in [-0.15, -0.1) is 0 Å².